The predicted octanol–water partition coefficient (Wildman–Crippen LogP) is 3.76. The normalized spacial score (nSPS) is 13.8. The second-order valence-corrected chi connectivity index (χ2v) is 6.34. The highest BCUT2D eigenvalue weighted by Gasteiger charge is 2.34. The number of nitrogens with two attached hydrogens (primary N) is 1. The number of carbonyl (C=O) groups is 2. The van der Waals surface area contributed by atoms with Crippen LogP contribution < -0.4 is 5.73 Å². The Bertz CT molecular complexity index is 890. The first-order valence-electron chi connectivity index (χ1n) is 6.86. The van der Waals surface area contributed by atoms with Crippen LogP contribution in [0.2, 0.25) is 0 Å². The minimum atomic E-state index is -0.235. The number of hydrogen-bond donors (Lipinski definition) is 1. The topological polar surface area (TPSA) is 72.5 Å². The number of amidine groups is 1. The van der Waals surface area contributed by atoms with Crippen LogP contribution in [0.1, 0.15) is 37.4 Å². The van der Waals surface area contributed by atoms with Gasteiger partial charge in [0, 0.05) is 15.6 Å². The molecule has 0 spiro atoms. The fourth-order valence-corrected chi connectivity index (χ4v) is 3.46. The monoisotopic (exact) mass is 390 g/mol. The first-order chi connectivity index (χ1) is 11.0. The van der Waals surface area contributed by atoms with Crippen molar-refractivity contribution in [1.29, 1.82) is 0 Å². The van der Waals surface area contributed by atoms with Crippen molar-refractivity contribution >= 4 is 50.6 Å². The maximum absolute atomic E-state index is 12.9. The van der Waals surface area contributed by atoms with E-state index >= 15 is 0 Å². The molecule has 1 aliphatic rings. The number of benzene rings is 2. The molecule has 3 rings (SSSR count). The lowest BCUT2D eigenvalue weighted by molar-refractivity contribution is 0.0979. The van der Waals surface area contributed by atoms with E-state index in [0.29, 0.717) is 26.9 Å². The van der Waals surface area contributed by atoms with E-state index in [1.165, 1.54) is 0 Å². The van der Waals surface area contributed by atoms with E-state index in [9.17, 15) is 9.59 Å². The fourth-order valence-electron chi connectivity index (χ4n) is 2.67. The second kappa shape index (κ2) is 5.91. The van der Waals surface area contributed by atoms with Gasteiger partial charge in [0.15, 0.2) is 11.6 Å². The molecule has 2 aromatic carbocycles. The summed E-state index contributed by atoms with van der Waals surface area (Å²) in [6, 6.07) is 8.53. The van der Waals surface area contributed by atoms with Crippen LogP contribution in [0.5, 0.6) is 0 Å². The molecule has 0 aliphatic heterocycles. The zero-order valence-corrected chi connectivity index (χ0v) is 14.5. The van der Waals surface area contributed by atoms with Crippen LogP contribution in [0.15, 0.2) is 39.8 Å². The smallest absolute Gasteiger partial charge is 0.196 e. The quantitative estimate of drug-likeness (QED) is 0.411. The second-order valence-electron chi connectivity index (χ2n) is 5.21. The van der Waals surface area contributed by atoms with Crippen molar-refractivity contribution in [3.05, 3.63) is 62.6 Å². The van der Waals surface area contributed by atoms with Gasteiger partial charge >= 0.3 is 0 Å². The van der Waals surface area contributed by atoms with Crippen molar-refractivity contribution < 1.29 is 9.59 Å². The third kappa shape index (κ3) is 2.50. The molecule has 2 aromatic rings. The molecule has 0 fully saturated rings. The standard InChI is InChI=1S/C17H12BrClN2O2/c1-8-6-11(18)13-14(15(8)21-12(20)7-19)17(23)10-5-3-2-4-9(10)16(13)22/h2-6H,7H2,1H3,(H2,20,21). The van der Waals surface area contributed by atoms with Gasteiger partial charge in [-0.1, -0.05) is 24.3 Å². The van der Waals surface area contributed by atoms with Crippen LogP contribution in [0.4, 0.5) is 5.69 Å². The molecule has 4 nitrogen and oxygen atoms in total. The van der Waals surface area contributed by atoms with Gasteiger partial charge < -0.3 is 5.73 Å². The average Bonchev–Trinajstić information content (AvgIpc) is 2.54. The van der Waals surface area contributed by atoms with E-state index < -0.39 is 0 Å². The Hall–Kier alpha value is -1.98. The zero-order chi connectivity index (χ0) is 16.7. The van der Waals surface area contributed by atoms with E-state index in [2.05, 4.69) is 20.9 Å². The molecule has 116 valence electrons. The van der Waals surface area contributed by atoms with Crippen molar-refractivity contribution in [3.8, 4) is 0 Å². The number of aliphatic imine (C=N–C) groups is 1. The minimum absolute atomic E-state index is 0.0446. The summed E-state index contributed by atoms with van der Waals surface area (Å²) in [4.78, 5) is 30.0. The van der Waals surface area contributed by atoms with Crippen LogP contribution in [0.3, 0.4) is 0 Å². The third-order valence-electron chi connectivity index (χ3n) is 3.71. The molecule has 0 saturated carbocycles. The lowest BCUT2D eigenvalue weighted by Crippen LogP contribution is -2.22. The Kier molecular flexibility index (Phi) is 4.08. The van der Waals surface area contributed by atoms with Crippen LogP contribution in [0, 0.1) is 6.92 Å². The first-order valence-corrected chi connectivity index (χ1v) is 8.19. The van der Waals surface area contributed by atoms with Crippen molar-refractivity contribution in [2.45, 2.75) is 6.92 Å². The van der Waals surface area contributed by atoms with Gasteiger partial charge in [-0.25, -0.2) is 4.99 Å². The van der Waals surface area contributed by atoms with Crippen LogP contribution in [-0.4, -0.2) is 23.3 Å². The highest BCUT2D eigenvalue weighted by Crippen LogP contribution is 2.39. The van der Waals surface area contributed by atoms with Gasteiger partial charge in [0.05, 0.1) is 22.7 Å². The Labute approximate surface area is 146 Å². The number of nitrogens with zero attached hydrogens (tertiary/aromatic N) is 1. The van der Waals surface area contributed by atoms with Crippen LogP contribution in [0.25, 0.3) is 0 Å². The molecular formula is C17H12BrClN2O2. The molecule has 0 aromatic heterocycles. The van der Waals surface area contributed by atoms with Crippen molar-refractivity contribution in [2.24, 2.45) is 10.7 Å². The molecule has 23 heavy (non-hydrogen) atoms. The summed E-state index contributed by atoms with van der Waals surface area (Å²) in [5, 5.41) is 0. The van der Waals surface area contributed by atoms with Crippen molar-refractivity contribution in [1.82, 2.24) is 0 Å². The number of carbonyl (C=O) groups excluding carboxylic acids is 2. The molecule has 2 N–H and O–H groups in total. The molecule has 6 heteroatoms. The summed E-state index contributed by atoms with van der Waals surface area (Å²) >= 11 is 9.09. The van der Waals surface area contributed by atoms with E-state index in [1.54, 1.807) is 30.3 Å². The number of fused-ring (bicyclic) bond motifs is 2. The lowest BCUT2D eigenvalue weighted by atomic mass is 9.82. The van der Waals surface area contributed by atoms with Crippen LogP contribution in [-0.2, 0) is 0 Å². The van der Waals surface area contributed by atoms with E-state index in [0.717, 1.165) is 5.56 Å². The van der Waals surface area contributed by atoms with Gasteiger partial charge in [0.25, 0.3) is 0 Å². The highest BCUT2D eigenvalue weighted by molar-refractivity contribution is 9.10. The maximum Gasteiger partial charge on any atom is 0.196 e. The Morgan fingerprint density at radius 3 is 2.30 bits per heavy atom. The zero-order valence-electron chi connectivity index (χ0n) is 12.2. The highest BCUT2D eigenvalue weighted by atomic mass is 79.9. The summed E-state index contributed by atoms with van der Waals surface area (Å²) in [5.74, 6) is -0.203. The molecule has 0 atom stereocenters. The Morgan fingerprint density at radius 1 is 1.17 bits per heavy atom. The molecule has 0 heterocycles. The van der Waals surface area contributed by atoms with E-state index in [1.807, 2.05) is 6.92 Å². The molecule has 1 aliphatic carbocycles. The van der Waals surface area contributed by atoms with Gasteiger partial charge in [-0.05, 0) is 34.5 Å². The summed E-state index contributed by atoms with van der Waals surface area (Å²) in [6.07, 6.45) is 0. The number of hydrogen-bond acceptors (Lipinski definition) is 3. The number of alkyl halides is 1. The number of aryl methyl sites for hydroxylation is 1. The Balaban J connectivity index is 2.38. The van der Waals surface area contributed by atoms with Crippen molar-refractivity contribution in [2.75, 3.05) is 5.88 Å². The molecule has 0 unspecified atom stereocenters. The minimum Gasteiger partial charge on any atom is -0.386 e. The lowest BCUT2D eigenvalue weighted by Gasteiger charge is -2.21. The summed E-state index contributed by atoms with van der Waals surface area (Å²) in [5.41, 5.74) is 8.24. The first kappa shape index (κ1) is 15.9. The molecule has 0 radical (unpaired) electrons. The largest absolute Gasteiger partial charge is 0.386 e. The van der Waals surface area contributed by atoms with E-state index in [-0.39, 0.29) is 28.8 Å². The molecule has 0 saturated heterocycles. The van der Waals surface area contributed by atoms with Gasteiger partial charge in [-0.15, -0.1) is 11.6 Å². The number of halogens is 2. The van der Waals surface area contributed by atoms with Gasteiger partial charge in [0.2, 0.25) is 0 Å². The van der Waals surface area contributed by atoms with Crippen molar-refractivity contribution in [3.63, 3.8) is 0 Å². The average molecular weight is 392 g/mol. The Morgan fingerprint density at radius 2 is 1.74 bits per heavy atom. The SMILES string of the molecule is Cc1cc(Br)c2c(c1N=C(N)CCl)C(=O)c1ccccc1C2=O. The maximum atomic E-state index is 12.9. The molecule has 0 bridgehead atoms. The number of ketones is 2. The van der Waals surface area contributed by atoms with Crippen LogP contribution >= 0.6 is 27.5 Å². The summed E-state index contributed by atoms with van der Waals surface area (Å²) in [6.45, 7) is 1.81. The van der Waals surface area contributed by atoms with Gasteiger partial charge in [0.1, 0.15) is 5.84 Å². The van der Waals surface area contributed by atoms with Gasteiger partial charge in [-0.2, -0.15) is 0 Å². The summed E-state index contributed by atoms with van der Waals surface area (Å²) in [7, 11) is 0. The predicted molar refractivity (Wildman–Crippen MR) is 94.2 cm³/mol. The summed E-state index contributed by atoms with van der Waals surface area (Å²) < 4.78 is 0.571. The molecule has 0 amide bonds. The van der Waals surface area contributed by atoms with Gasteiger partial charge in [-0.3, -0.25) is 9.59 Å². The van der Waals surface area contributed by atoms with E-state index in [4.69, 9.17) is 17.3 Å². The fraction of sp³-hybridized carbons (Fsp3) is 0.118. The third-order valence-corrected chi connectivity index (χ3v) is 4.60. The number of rotatable bonds is 2. The molecular weight excluding hydrogens is 380 g/mol.